The Balaban J connectivity index is 2.06. The summed E-state index contributed by atoms with van der Waals surface area (Å²) >= 11 is 3.47. The molecule has 0 aliphatic carbocycles. The van der Waals surface area contributed by atoms with Crippen molar-refractivity contribution in [3.05, 3.63) is 94.0 Å². The highest BCUT2D eigenvalue weighted by molar-refractivity contribution is 9.10. The molecule has 0 aromatic heterocycles. The van der Waals surface area contributed by atoms with Crippen LogP contribution in [0.4, 0.5) is 5.69 Å². The van der Waals surface area contributed by atoms with E-state index in [-0.39, 0.29) is 23.4 Å². The number of hydrogen-bond acceptors (Lipinski definition) is 4. The minimum absolute atomic E-state index is 0.0624. The van der Waals surface area contributed by atoms with Crippen LogP contribution < -0.4 is 9.62 Å². The van der Waals surface area contributed by atoms with Crippen LogP contribution in [0, 0.1) is 6.92 Å². The molecule has 0 fully saturated rings. The summed E-state index contributed by atoms with van der Waals surface area (Å²) < 4.78 is 30.1. The van der Waals surface area contributed by atoms with Crippen molar-refractivity contribution in [2.75, 3.05) is 10.8 Å². The molecule has 0 saturated heterocycles. The van der Waals surface area contributed by atoms with Gasteiger partial charge in [0.25, 0.3) is 10.0 Å². The molecule has 0 saturated carbocycles. The number of aryl methyl sites for hydroxylation is 2. The fraction of sp³-hybridized carbons (Fsp3) is 0.355. The van der Waals surface area contributed by atoms with Gasteiger partial charge in [-0.1, -0.05) is 77.8 Å². The zero-order chi connectivity index (χ0) is 29.4. The molecular weight excluding hydrogens is 590 g/mol. The highest BCUT2D eigenvalue weighted by Crippen LogP contribution is 2.28. The first-order chi connectivity index (χ1) is 19.0. The topological polar surface area (TPSA) is 86.8 Å². The first-order valence-corrected chi connectivity index (χ1v) is 15.7. The maximum absolute atomic E-state index is 14.1. The number of benzene rings is 3. The molecule has 1 N–H and O–H groups in total. The number of carbonyl (C=O) groups excluding carboxylic acids is 2. The minimum Gasteiger partial charge on any atom is -0.352 e. The number of nitrogens with zero attached hydrogens (tertiary/aromatic N) is 2. The summed E-state index contributed by atoms with van der Waals surface area (Å²) in [7, 11) is -4.10. The number of sulfonamides is 1. The highest BCUT2D eigenvalue weighted by Gasteiger charge is 2.33. The number of amides is 2. The van der Waals surface area contributed by atoms with E-state index in [1.54, 1.807) is 43.3 Å². The Hall–Kier alpha value is -3.17. The largest absolute Gasteiger partial charge is 0.352 e. The number of nitrogens with one attached hydrogen (secondary N) is 1. The number of halogens is 1. The Morgan fingerprint density at radius 3 is 2.25 bits per heavy atom. The molecule has 0 heterocycles. The van der Waals surface area contributed by atoms with Crippen LogP contribution in [0.1, 0.15) is 50.8 Å². The molecule has 2 atom stereocenters. The van der Waals surface area contributed by atoms with Crippen LogP contribution in [-0.4, -0.2) is 43.8 Å². The predicted octanol–water partition coefficient (Wildman–Crippen LogP) is 5.85. The maximum Gasteiger partial charge on any atom is 0.264 e. The van der Waals surface area contributed by atoms with Crippen molar-refractivity contribution in [3.63, 3.8) is 0 Å². The van der Waals surface area contributed by atoms with Gasteiger partial charge in [-0.05, 0) is 75.1 Å². The average Bonchev–Trinajstić information content (AvgIpc) is 2.94. The second-order valence-corrected chi connectivity index (χ2v) is 12.7. The summed E-state index contributed by atoms with van der Waals surface area (Å²) in [5, 5.41) is 2.95. The Bertz CT molecular complexity index is 1430. The molecule has 7 nitrogen and oxygen atoms in total. The number of anilines is 1. The fourth-order valence-electron chi connectivity index (χ4n) is 4.28. The third-order valence-corrected chi connectivity index (χ3v) is 9.21. The lowest BCUT2D eigenvalue weighted by molar-refractivity contribution is -0.139. The van der Waals surface area contributed by atoms with E-state index in [4.69, 9.17) is 0 Å². The van der Waals surface area contributed by atoms with Gasteiger partial charge in [0.1, 0.15) is 12.6 Å². The SMILES string of the molecule is CCc1ccccc1N(CC(=O)N(Cc1cccc(Br)c1)[C@H](C)C(=O)N[C@H](C)CC)S(=O)(=O)c1ccc(C)cc1. The second-order valence-electron chi connectivity index (χ2n) is 9.95. The molecule has 0 unspecified atom stereocenters. The van der Waals surface area contributed by atoms with Gasteiger partial charge in [0, 0.05) is 17.1 Å². The van der Waals surface area contributed by atoms with Crippen molar-refractivity contribution in [2.24, 2.45) is 0 Å². The van der Waals surface area contributed by atoms with Crippen molar-refractivity contribution >= 4 is 43.5 Å². The van der Waals surface area contributed by atoms with Gasteiger partial charge in [0.05, 0.1) is 10.6 Å². The van der Waals surface area contributed by atoms with Gasteiger partial charge in [-0.2, -0.15) is 0 Å². The van der Waals surface area contributed by atoms with E-state index >= 15 is 0 Å². The molecule has 3 aromatic carbocycles. The van der Waals surface area contributed by atoms with Crippen LogP contribution in [0.5, 0.6) is 0 Å². The highest BCUT2D eigenvalue weighted by atomic mass is 79.9. The summed E-state index contributed by atoms with van der Waals surface area (Å²) in [6, 6.07) is 20.4. The molecule has 0 aliphatic heterocycles. The molecule has 9 heteroatoms. The summed E-state index contributed by atoms with van der Waals surface area (Å²) in [6.45, 7) is 9.06. The lowest BCUT2D eigenvalue weighted by Gasteiger charge is -2.33. The van der Waals surface area contributed by atoms with E-state index in [0.717, 1.165) is 27.6 Å². The van der Waals surface area contributed by atoms with Crippen LogP contribution in [0.15, 0.2) is 82.2 Å². The zero-order valence-electron chi connectivity index (χ0n) is 23.7. The lowest BCUT2D eigenvalue weighted by Crippen LogP contribution is -2.52. The van der Waals surface area contributed by atoms with Crippen molar-refractivity contribution in [1.29, 1.82) is 0 Å². The zero-order valence-corrected chi connectivity index (χ0v) is 26.1. The molecule has 0 spiro atoms. The van der Waals surface area contributed by atoms with Gasteiger partial charge < -0.3 is 10.2 Å². The fourth-order valence-corrected chi connectivity index (χ4v) is 6.18. The van der Waals surface area contributed by atoms with Crippen molar-refractivity contribution < 1.29 is 18.0 Å². The first kappa shape index (κ1) is 31.4. The monoisotopic (exact) mass is 627 g/mol. The van der Waals surface area contributed by atoms with Crippen LogP contribution in [0.2, 0.25) is 0 Å². The maximum atomic E-state index is 14.1. The quantitative estimate of drug-likeness (QED) is 0.273. The third kappa shape index (κ3) is 7.73. The van der Waals surface area contributed by atoms with Crippen LogP contribution >= 0.6 is 15.9 Å². The minimum atomic E-state index is -4.10. The second kappa shape index (κ2) is 13.9. The van der Waals surface area contributed by atoms with Crippen molar-refractivity contribution in [2.45, 2.75) is 71.0 Å². The summed E-state index contributed by atoms with van der Waals surface area (Å²) in [6.07, 6.45) is 1.33. The number of hydrogen-bond donors (Lipinski definition) is 1. The van der Waals surface area contributed by atoms with Crippen LogP contribution in [-0.2, 0) is 32.6 Å². The number of rotatable bonds is 12. The number of carbonyl (C=O) groups is 2. The van der Waals surface area contributed by atoms with E-state index in [1.807, 2.05) is 64.1 Å². The molecule has 214 valence electrons. The van der Waals surface area contributed by atoms with Crippen molar-refractivity contribution in [1.82, 2.24) is 10.2 Å². The van der Waals surface area contributed by atoms with Gasteiger partial charge in [0.2, 0.25) is 11.8 Å². The van der Waals surface area contributed by atoms with E-state index in [0.29, 0.717) is 12.1 Å². The molecule has 3 rings (SSSR count). The standard InChI is InChI=1S/C31H38BrN3O4S/c1-6-23(4)33-31(37)24(5)34(20-25-11-10-13-27(32)19-25)30(36)21-35(29-14-9-8-12-26(29)7-2)40(38,39)28-17-15-22(3)16-18-28/h8-19,23-24H,6-7,20-21H2,1-5H3,(H,33,37)/t23-,24-/m1/s1. The molecular formula is C31H38BrN3O4S. The lowest BCUT2D eigenvalue weighted by atomic mass is 10.1. The van der Waals surface area contributed by atoms with Gasteiger partial charge >= 0.3 is 0 Å². The molecule has 0 aliphatic rings. The molecule has 2 amide bonds. The molecule has 0 bridgehead atoms. The van der Waals surface area contributed by atoms with Gasteiger partial charge in [-0.3, -0.25) is 13.9 Å². The molecule has 3 aromatic rings. The first-order valence-electron chi connectivity index (χ1n) is 13.5. The molecule has 0 radical (unpaired) electrons. The molecule has 40 heavy (non-hydrogen) atoms. The van der Waals surface area contributed by atoms with Crippen LogP contribution in [0.3, 0.4) is 0 Å². The van der Waals surface area contributed by atoms with Crippen molar-refractivity contribution in [3.8, 4) is 0 Å². The van der Waals surface area contributed by atoms with Gasteiger partial charge in [0.15, 0.2) is 0 Å². The van der Waals surface area contributed by atoms with Gasteiger partial charge in [-0.15, -0.1) is 0 Å². The Morgan fingerprint density at radius 1 is 0.950 bits per heavy atom. The smallest absolute Gasteiger partial charge is 0.264 e. The summed E-state index contributed by atoms with van der Waals surface area (Å²) in [5.41, 5.74) is 2.98. The Kier molecular flexibility index (Phi) is 10.9. The van der Waals surface area contributed by atoms with E-state index in [2.05, 4.69) is 21.2 Å². The summed E-state index contributed by atoms with van der Waals surface area (Å²) in [5.74, 6) is -0.770. The van der Waals surface area contributed by atoms with E-state index in [1.165, 1.54) is 9.21 Å². The third-order valence-electron chi connectivity index (χ3n) is 6.94. The average molecular weight is 629 g/mol. The van der Waals surface area contributed by atoms with E-state index < -0.39 is 28.5 Å². The predicted molar refractivity (Wildman–Crippen MR) is 164 cm³/mol. The van der Waals surface area contributed by atoms with Crippen LogP contribution in [0.25, 0.3) is 0 Å². The van der Waals surface area contributed by atoms with Gasteiger partial charge in [-0.25, -0.2) is 8.42 Å². The Morgan fingerprint density at radius 2 is 1.62 bits per heavy atom. The Labute approximate surface area is 246 Å². The normalized spacial score (nSPS) is 12.8. The van der Waals surface area contributed by atoms with E-state index in [9.17, 15) is 18.0 Å². The number of para-hydroxylation sites is 1. The summed E-state index contributed by atoms with van der Waals surface area (Å²) in [4.78, 5) is 28.8.